The summed E-state index contributed by atoms with van der Waals surface area (Å²) in [6, 6.07) is -0.0263. The van der Waals surface area contributed by atoms with E-state index in [1.165, 1.54) is 10.6 Å². The Morgan fingerprint density at radius 2 is 2.31 bits per heavy atom. The van der Waals surface area contributed by atoms with Crippen LogP contribution in [0.25, 0.3) is 0 Å². The van der Waals surface area contributed by atoms with Crippen molar-refractivity contribution in [1.82, 2.24) is 4.31 Å². The molecule has 0 aromatic rings. The van der Waals surface area contributed by atoms with Crippen LogP contribution in [0.1, 0.15) is 6.42 Å². The van der Waals surface area contributed by atoms with Crippen molar-refractivity contribution in [3.63, 3.8) is 0 Å². The molecular weight excluding hydrogens is 194 g/mol. The minimum atomic E-state index is -3.06. The highest BCUT2D eigenvalue weighted by molar-refractivity contribution is 7.88. The third kappa shape index (κ3) is 2.91. The quantitative estimate of drug-likeness (QED) is 0.592. The lowest BCUT2D eigenvalue weighted by Gasteiger charge is -2.38. The van der Waals surface area contributed by atoms with Gasteiger partial charge in [-0.3, -0.25) is 0 Å². The van der Waals surface area contributed by atoms with Crippen LogP contribution in [0.2, 0.25) is 0 Å². The summed E-state index contributed by atoms with van der Waals surface area (Å²) in [6.45, 7) is 1.22. The number of sulfonamides is 1. The van der Waals surface area contributed by atoms with Gasteiger partial charge in [-0.2, -0.15) is 4.31 Å². The molecule has 0 radical (unpaired) electrons. The number of hydrogen-bond donors (Lipinski definition) is 1. The van der Waals surface area contributed by atoms with Crippen molar-refractivity contribution in [3.8, 4) is 0 Å². The van der Waals surface area contributed by atoms with Crippen LogP contribution in [0.5, 0.6) is 0 Å². The second-order valence-corrected chi connectivity index (χ2v) is 5.05. The van der Waals surface area contributed by atoms with Gasteiger partial charge in [-0.05, 0) is 6.42 Å². The summed E-state index contributed by atoms with van der Waals surface area (Å²) in [7, 11) is -3.06. The summed E-state index contributed by atoms with van der Waals surface area (Å²) >= 11 is 0. The highest BCUT2D eigenvalue weighted by atomic mass is 32.2. The molecule has 6 heteroatoms. The fraction of sp³-hybridized carbons (Fsp3) is 1.00. The van der Waals surface area contributed by atoms with Crippen molar-refractivity contribution >= 4 is 10.0 Å². The molecule has 0 bridgehead atoms. The van der Waals surface area contributed by atoms with Gasteiger partial charge in [0.1, 0.15) is 0 Å². The van der Waals surface area contributed by atoms with E-state index in [2.05, 4.69) is 0 Å². The van der Waals surface area contributed by atoms with E-state index >= 15 is 0 Å². The molecule has 1 N–H and O–H groups in total. The summed E-state index contributed by atoms with van der Waals surface area (Å²) in [5.74, 6) is 0. The van der Waals surface area contributed by atoms with Crippen LogP contribution in [0, 0.1) is 0 Å². The van der Waals surface area contributed by atoms with Gasteiger partial charge in [-0.15, -0.1) is 0 Å². The van der Waals surface area contributed by atoms with E-state index < -0.39 is 10.0 Å². The van der Waals surface area contributed by atoms with E-state index in [4.69, 9.17) is 9.84 Å². The standard InChI is InChI=1S/C7H15NO4S/c1-13(10,11)8-3-2-7(8)6-12-5-4-9/h7,9H,2-6H2,1H3. The van der Waals surface area contributed by atoms with Crippen LogP contribution < -0.4 is 0 Å². The SMILES string of the molecule is CS(=O)(=O)N1CCC1COCCO. The molecule has 0 saturated carbocycles. The summed E-state index contributed by atoms with van der Waals surface area (Å²) in [5, 5.41) is 8.44. The maximum atomic E-state index is 11.1. The Bertz CT molecular complexity index is 251. The molecular formula is C7H15NO4S. The minimum absolute atomic E-state index is 0.0222. The summed E-state index contributed by atoms with van der Waals surface area (Å²) < 4.78 is 28.6. The van der Waals surface area contributed by atoms with Crippen molar-refractivity contribution in [3.05, 3.63) is 0 Å². The van der Waals surface area contributed by atoms with Crippen LogP contribution in [0.15, 0.2) is 0 Å². The van der Waals surface area contributed by atoms with E-state index in [-0.39, 0.29) is 19.3 Å². The predicted octanol–water partition coefficient (Wildman–Crippen LogP) is -0.971. The molecule has 1 rings (SSSR count). The zero-order valence-electron chi connectivity index (χ0n) is 7.64. The second kappa shape index (κ2) is 4.36. The lowest BCUT2D eigenvalue weighted by Crippen LogP contribution is -2.52. The Hall–Kier alpha value is -0.170. The predicted molar refractivity (Wildman–Crippen MR) is 47.9 cm³/mol. The summed E-state index contributed by atoms with van der Waals surface area (Å²) in [5.41, 5.74) is 0. The average molecular weight is 209 g/mol. The van der Waals surface area contributed by atoms with Crippen molar-refractivity contribution < 1.29 is 18.3 Å². The smallest absolute Gasteiger partial charge is 0.211 e. The van der Waals surface area contributed by atoms with E-state index in [0.717, 1.165) is 6.42 Å². The van der Waals surface area contributed by atoms with Gasteiger partial charge in [0, 0.05) is 12.6 Å². The first-order valence-electron chi connectivity index (χ1n) is 4.21. The molecule has 13 heavy (non-hydrogen) atoms. The van der Waals surface area contributed by atoms with Gasteiger partial charge >= 0.3 is 0 Å². The van der Waals surface area contributed by atoms with Gasteiger partial charge < -0.3 is 9.84 Å². The molecule has 5 nitrogen and oxygen atoms in total. The fourth-order valence-corrected chi connectivity index (χ4v) is 2.45. The maximum Gasteiger partial charge on any atom is 0.211 e. The maximum absolute atomic E-state index is 11.1. The number of aliphatic hydroxyl groups is 1. The Labute approximate surface area is 78.4 Å². The molecule has 1 aliphatic heterocycles. The molecule has 1 fully saturated rings. The number of aliphatic hydroxyl groups excluding tert-OH is 1. The van der Waals surface area contributed by atoms with Gasteiger partial charge in [0.25, 0.3) is 0 Å². The van der Waals surface area contributed by atoms with Crippen LogP contribution in [0.4, 0.5) is 0 Å². The zero-order chi connectivity index (χ0) is 9.90. The molecule has 1 aliphatic rings. The van der Waals surface area contributed by atoms with Crippen LogP contribution in [0.3, 0.4) is 0 Å². The zero-order valence-corrected chi connectivity index (χ0v) is 8.46. The molecule has 0 aromatic carbocycles. The number of ether oxygens (including phenoxy) is 1. The normalized spacial score (nSPS) is 24.3. The van der Waals surface area contributed by atoms with Crippen molar-refractivity contribution in [1.29, 1.82) is 0 Å². The largest absolute Gasteiger partial charge is 0.394 e. The second-order valence-electron chi connectivity index (χ2n) is 3.11. The van der Waals surface area contributed by atoms with Gasteiger partial charge in [0.15, 0.2) is 0 Å². The Balaban J connectivity index is 2.29. The molecule has 1 saturated heterocycles. The van der Waals surface area contributed by atoms with Gasteiger partial charge in [0.2, 0.25) is 10.0 Å². The first-order valence-corrected chi connectivity index (χ1v) is 6.06. The molecule has 1 unspecified atom stereocenters. The lowest BCUT2D eigenvalue weighted by molar-refractivity contribution is 0.0337. The Kier molecular flexibility index (Phi) is 3.66. The first kappa shape index (κ1) is 10.9. The van der Waals surface area contributed by atoms with E-state index in [1.54, 1.807) is 0 Å². The fourth-order valence-electron chi connectivity index (χ4n) is 1.30. The van der Waals surface area contributed by atoms with Crippen LogP contribution in [-0.2, 0) is 14.8 Å². The monoisotopic (exact) mass is 209 g/mol. The van der Waals surface area contributed by atoms with Crippen molar-refractivity contribution in [2.24, 2.45) is 0 Å². The van der Waals surface area contributed by atoms with E-state index in [0.29, 0.717) is 13.2 Å². The minimum Gasteiger partial charge on any atom is -0.394 e. The average Bonchev–Trinajstić information content (AvgIpc) is 1.92. The van der Waals surface area contributed by atoms with Gasteiger partial charge in [-0.25, -0.2) is 8.42 Å². The molecule has 0 aromatic heterocycles. The molecule has 0 amide bonds. The summed E-state index contributed by atoms with van der Waals surface area (Å²) in [4.78, 5) is 0. The van der Waals surface area contributed by atoms with E-state index in [9.17, 15) is 8.42 Å². The highest BCUT2D eigenvalue weighted by Crippen LogP contribution is 2.20. The molecule has 1 heterocycles. The third-order valence-electron chi connectivity index (χ3n) is 2.06. The van der Waals surface area contributed by atoms with Crippen LogP contribution in [-0.4, -0.2) is 56.5 Å². The van der Waals surface area contributed by atoms with E-state index in [1.807, 2.05) is 0 Å². The highest BCUT2D eigenvalue weighted by Gasteiger charge is 2.34. The Morgan fingerprint density at radius 1 is 1.62 bits per heavy atom. The molecule has 0 aliphatic carbocycles. The number of rotatable bonds is 5. The molecule has 1 atom stereocenters. The number of hydrogen-bond acceptors (Lipinski definition) is 4. The first-order chi connectivity index (χ1) is 6.05. The van der Waals surface area contributed by atoms with Crippen molar-refractivity contribution in [2.75, 3.05) is 32.6 Å². The number of nitrogens with zero attached hydrogens (tertiary/aromatic N) is 1. The topological polar surface area (TPSA) is 66.8 Å². The molecule has 0 spiro atoms. The van der Waals surface area contributed by atoms with Gasteiger partial charge in [0.05, 0.1) is 26.1 Å². The van der Waals surface area contributed by atoms with Crippen LogP contribution >= 0.6 is 0 Å². The van der Waals surface area contributed by atoms with Gasteiger partial charge in [-0.1, -0.05) is 0 Å². The summed E-state index contributed by atoms with van der Waals surface area (Å²) in [6.07, 6.45) is 2.05. The third-order valence-corrected chi connectivity index (χ3v) is 3.39. The molecule has 78 valence electrons. The van der Waals surface area contributed by atoms with Crippen molar-refractivity contribution in [2.45, 2.75) is 12.5 Å². The lowest BCUT2D eigenvalue weighted by atomic mass is 10.1. The Morgan fingerprint density at radius 3 is 2.69 bits per heavy atom.